The number of carbonyl (C=O) groups is 3. The van der Waals surface area contributed by atoms with Gasteiger partial charge in [0, 0.05) is 11.4 Å². The van der Waals surface area contributed by atoms with Gasteiger partial charge >= 0.3 is 18.0 Å². The summed E-state index contributed by atoms with van der Waals surface area (Å²) in [5, 5.41) is 4.98. The highest BCUT2D eigenvalue weighted by atomic mass is 19.1. The number of anilines is 2. The second-order valence-corrected chi connectivity index (χ2v) is 4.87. The normalized spacial score (nSPS) is 9.88. The Balaban J connectivity index is 2.21. The zero-order chi connectivity index (χ0) is 18.4. The molecule has 130 valence electrons. The third kappa shape index (κ3) is 4.77. The van der Waals surface area contributed by atoms with E-state index in [0.29, 0.717) is 5.69 Å². The number of hydrogen-bond acceptors (Lipinski definition) is 5. The number of halogens is 1. The van der Waals surface area contributed by atoms with Crippen LogP contribution in [0.1, 0.15) is 20.7 Å². The van der Waals surface area contributed by atoms with Crippen molar-refractivity contribution in [2.45, 2.75) is 0 Å². The Labute approximate surface area is 142 Å². The van der Waals surface area contributed by atoms with Gasteiger partial charge in [-0.05, 0) is 42.5 Å². The number of rotatable bonds is 4. The zero-order valence-corrected chi connectivity index (χ0v) is 13.5. The van der Waals surface area contributed by atoms with Crippen molar-refractivity contribution in [2.24, 2.45) is 0 Å². The Hall–Kier alpha value is -3.42. The average molecular weight is 346 g/mol. The molecule has 0 unspecified atom stereocenters. The fourth-order valence-corrected chi connectivity index (χ4v) is 2.00. The molecule has 2 aromatic carbocycles. The SMILES string of the molecule is COC(=O)c1cc(NC(=O)Nc2ccc(F)cc2)cc(C(=O)OC)c1. The lowest BCUT2D eigenvalue weighted by Crippen LogP contribution is -2.20. The molecule has 8 heteroatoms. The third-order valence-corrected chi connectivity index (χ3v) is 3.14. The molecular formula is C17H15FN2O5. The summed E-state index contributed by atoms with van der Waals surface area (Å²) in [4.78, 5) is 35.4. The van der Waals surface area contributed by atoms with Gasteiger partial charge in [-0.25, -0.2) is 18.8 Å². The predicted molar refractivity (Wildman–Crippen MR) is 88.2 cm³/mol. The summed E-state index contributed by atoms with van der Waals surface area (Å²) >= 11 is 0. The van der Waals surface area contributed by atoms with Crippen LogP contribution in [0.2, 0.25) is 0 Å². The molecular weight excluding hydrogens is 331 g/mol. The van der Waals surface area contributed by atoms with E-state index in [1.807, 2.05) is 0 Å². The molecule has 25 heavy (non-hydrogen) atoms. The van der Waals surface area contributed by atoms with Crippen LogP contribution in [0.5, 0.6) is 0 Å². The number of hydrogen-bond donors (Lipinski definition) is 2. The van der Waals surface area contributed by atoms with Crippen LogP contribution in [0.3, 0.4) is 0 Å². The molecule has 7 nitrogen and oxygen atoms in total. The van der Waals surface area contributed by atoms with Crippen LogP contribution in [-0.4, -0.2) is 32.2 Å². The van der Waals surface area contributed by atoms with E-state index >= 15 is 0 Å². The predicted octanol–water partition coefficient (Wildman–Crippen LogP) is 3.04. The first kappa shape index (κ1) is 17.9. The number of methoxy groups -OCH3 is 2. The smallest absolute Gasteiger partial charge is 0.337 e. The maximum Gasteiger partial charge on any atom is 0.337 e. The van der Waals surface area contributed by atoms with Crippen molar-refractivity contribution < 1.29 is 28.2 Å². The molecule has 2 aromatic rings. The Kier molecular flexibility index (Phi) is 5.67. The first-order chi connectivity index (χ1) is 11.9. The summed E-state index contributed by atoms with van der Waals surface area (Å²) in [7, 11) is 2.39. The Morgan fingerprint density at radius 3 is 1.76 bits per heavy atom. The molecule has 0 saturated heterocycles. The molecule has 2 amide bonds. The quantitative estimate of drug-likeness (QED) is 0.830. The molecule has 0 fully saturated rings. The lowest BCUT2D eigenvalue weighted by molar-refractivity contribution is 0.0599. The highest BCUT2D eigenvalue weighted by Gasteiger charge is 2.15. The molecule has 0 atom stereocenters. The second kappa shape index (κ2) is 7.91. The number of nitrogens with one attached hydrogen (secondary N) is 2. The van der Waals surface area contributed by atoms with E-state index in [2.05, 4.69) is 20.1 Å². The highest BCUT2D eigenvalue weighted by Crippen LogP contribution is 2.18. The van der Waals surface area contributed by atoms with Gasteiger partial charge in [0.2, 0.25) is 0 Å². The van der Waals surface area contributed by atoms with Crippen LogP contribution in [0.15, 0.2) is 42.5 Å². The second-order valence-electron chi connectivity index (χ2n) is 4.87. The molecule has 0 aromatic heterocycles. The van der Waals surface area contributed by atoms with Gasteiger partial charge < -0.3 is 20.1 Å². The molecule has 0 aliphatic carbocycles. The van der Waals surface area contributed by atoms with Crippen molar-refractivity contribution in [3.63, 3.8) is 0 Å². The molecule has 0 spiro atoms. The molecule has 2 rings (SSSR count). The van der Waals surface area contributed by atoms with E-state index in [1.165, 1.54) is 56.7 Å². The van der Waals surface area contributed by atoms with E-state index in [-0.39, 0.29) is 16.8 Å². The largest absolute Gasteiger partial charge is 0.465 e. The van der Waals surface area contributed by atoms with Gasteiger partial charge in [0.15, 0.2) is 0 Å². The van der Waals surface area contributed by atoms with Crippen LogP contribution >= 0.6 is 0 Å². The van der Waals surface area contributed by atoms with Crippen molar-refractivity contribution >= 4 is 29.3 Å². The number of urea groups is 1. The monoisotopic (exact) mass is 346 g/mol. The minimum Gasteiger partial charge on any atom is -0.465 e. The fraction of sp³-hybridized carbons (Fsp3) is 0.118. The van der Waals surface area contributed by atoms with Gasteiger partial charge in [0.05, 0.1) is 25.3 Å². The summed E-state index contributed by atoms with van der Waals surface area (Å²) in [5.74, 6) is -1.78. The minimum absolute atomic E-state index is 0.0717. The summed E-state index contributed by atoms with van der Waals surface area (Å²) < 4.78 is 22.1. The topological polar surface area (TPSA) is 93.7 Å². The summed E-state index contributed by atoms with van der Waals surface area (Å²) in [6.45, 7) is 0. The lowest BCUT2D eigenvalue weighted by atomic mass is 10.1. The summed E-state index contributed by atoms with van der Waals surface area (Å²) in [5.41, 5.74) is 0.698. The standard InChI is InChI=1S/C17H15FN2O5/c1-24-15(21)10-7-11(16(22)25-2)9-14(8-10)20-17(23)19-13-5-3-12(18)4-6-13/h3-9H,1-2H3,(H2,19,20,23). The zero-order valence-electron chi connectivity index (χ0n) is 13.5. The van der Waals surface area contributed by atoms with Crippen LogP contribution in [0.25, 0.3) is 0 Å². The van der Waals surface area contributed by atoms with Gasteiger partial charge in [-0.3, -0.25) is 0 Å². The van der Waals surface area contributed by atoms with Gasteiger partial charge in [-0.2, -0.15) is 0 Å². The van der Waals surface area contributed by atoms with E-state index in [9.17, 15) is 18.8 Å². The Bertz CT molecular complexity index is 771. The first-order valence-corrected chi connectivity index (χ1v) is 7.08. The molecule has 0 bridgehead atoms. The fourth-order valence-electron chi connectivity index (χ4n) is 2.00. The van der Waals surface area contributed by atoms with E-state index < -0.39 is 23.8 Å². The number of amides is 2. The van der Waals surface area contributed by atoms with Crippen LogP contribution in [0, 0.1) is 5.82 Å². The number of esters is 2. The van der Waals surface area contributed by atoms with Crippen LogP contribution in [0.4, 0.5) is 20.6 Å². The van der Waals surface area contributed by atoms with Crippen LogP contribution < -0.4 is 10.6 Å². The Morgan fingerprint density at radius 2 is 1.28 bits per heavy atom. The minimum atomic E-state index is -0.673. The Morgan fingerprint density at radius 1 is 0.800 bits per heavy atom. The summed E-state index contributed by atoms with van der Waals surface area (Å²) in [6, 6.07) is 8.53. The third-order valence-electron chi connectivity index (χ3n) is 3.14. The van der Waals surface area contributed by atoms with Gasteiger partial charge in [0.25, 0.3) is 0 Å². The van der Waals surface area contributed by atoms with Gasteiger partial charge in [-0.1, -0.05) is 0 Å². The maximum absolute atomic E-state index is 12.9. The van der Waals surface area contributed by atoms with Crippen molar-refractivity contribution in [1.82, 2.24) is 0 Å². The summed E-state index contributed by atoms with van der Waals surface area (Å²) in [6.07, 6.45) is 0. The number of benzene rings is 2. The molecule has 0 aliphatic rings. The van der Waals surface area contributed by atoms with Crippen molar-refractivity contribution in [2.75, 3.05) is 24.9 Å². The molecule has 0 saturated carbocycles. The van der Waals surface area contributed by atoms with Crippen LogP contribution in [-0.2, 0) is 9.47 Å². The van der Waals surface area contributed by atoms with Gasteiger partial charge in [-0.15, -0.1) is 0 Å². The number of carbonyl (C=O) groups excluding carboxylic acids is 3. The molecule has 0 radical (unpaired) electrons. The van der Waals surface area contributed by atoms with Crippen molar-refractivity contribution in [1.29, 1.82) is 0 Å². The number of ether oxygens (including phenoxy) is 2. The lowest BCUT2D eigenvalue weighted by Gasteiger charge is -2.10. The molecule has 2 N–H and O–H groups in total. The molecule has 0 heterocycles. The van der Waals surface area contributed by atoms with E-state index in [0.717, 1.165) is 0 Å². The maximum atomic E-state index is 12.9. The van der Waals surface area contributed by atoms with Crippen molar-refractivity contribution in [3.05, 3.63) is 59.4 Å². The highest BCUT2D eigenvalue weighted by molar-refractivity contribution is 6.02. The van der Waals surface area contributed by atoms with E-state index in [1.54, 1.807) is 0 Å². The van der Waals surface area contributed by atoms with Gasteiger partial charge in [0.1, 0.15) is 5.82 Å². The van der Waals surface area contributed by atoms with E-state index in [4.69, 9.17) is 0 Å². The first-order valence-electron chi connectivity index (χ1n) is 7.08. The molecule has 0 aliphatic heterocycles. The average Bonchev–Trinajstić information content (AvgIpc) is 2.61. The van der Waals surface area contributed by atoms with Crippen molar-refractivity contribution in [3.8, 4) is 0 Å².